The van der Waals surface area contributed by atoms with Crippen molar-refractivity contribution in [3.8, 4) is 5.75 Å². The number of hydrogen-bond acceptors (Lipinski definition) is 5. The van der Waals surface area contributed by atoms with Crippen molar-refractivity contribution in [2.45, 2.75) is 18.9 Å². The fraction of sp³-hybridized carbons (Fsp3) is 0.333. The summed E-state index contributed by atoms with van der Waals surface area (Å²) in [7, 11) is 0. The Balaban J connectivity index is 1.91. The molecule has 120 valence electrons. The Morgan fingerprint density at radius 2 is 2.09 bits per heavy atom. The van der Waals surface area contributed by atoms with E-state index in [0.29, 0.717) is 0 Å². The highest BCUT2D eigenvalue weighted by molar-refractivity contribution is 6.05. The summed E-state index contributed by atoms with van der Waals surface area (Å²) in [6.45, 7) is 0.321. The van der Waals surface area contributed by atoms with Gasteiger partial charge in [0, 0.05) is 6.42 Å². The van der Waals surface area contributed by atoms with E-state index in [1.165, 1.54) is 23.1 Å². The Morgan fingerprint density at radius 3 is 2.78 bits per heavy atom. The number of carbonyl (C=O) groups excluding carboxylic acids is 3. The van der Waals surface area contributed by atoms with Gasteiger partial charge >= 0.3 is 5.97 Å². The van der Waals surface area contributed by atoms with Crippen LogP contribution in [0, 0.1) is 0 Å². The molecule has 1 aromatic carbocycles. The highest BCUT2D eigenvalue weighted by atomic mass is 16.5. The number of piperidine rings is 1. The van der Waals surface area contributed by atoms with Crippen LogP contribution in [-0.4, -0.2) is 52.9 Å². The Hall–Kier alpha value is -2.90. The Morgan fingerprint density at radius 1 is 1.30 bits per heavy atom. The van der Waals surface area contributed by atoms with Crippen LogP contribution in [0.15, 0.2) is 18.2 Å². The number of hydrogen-bond donors (Lipinski definition) is 2. The zero-order valence-electron chi connectivity index (χ0n) is 12.1. The second kappa shape index (κ2) is 5.71. The van der Waals surface area contributed by atoms with Crippen LogP contribution < -0.4 is 10.1 Å². The number of fused-ring (bicyclic) bond motifs is 1. The minimum atomic E-state index is -1.12. The van der Waals surface area contributed by atoms with Crippen LogP contribution in [0.3, 0.4) is 0 Å². The summed E-state index contributed by atoms with van der Waals surface area (Å²) in [6, 6.07) is 3.26. The molecule has 0 spiro atoms. The molecule has 8 nitrogen and oxygen atoms in total. The molecule has 3 rings (SSSR count). The van der Waals surface area contributed by atoms with Gasteiger partial charge in [-0.3, -0.25) is 19.7 Å². The molecular formula is C15H14N2O6. The highest BCUT2D eigenvalue weighted by Gasteiger charge is 2.36. The number of benzene rings is 1. The van der Waals surface area contributed by atoms with Crippen molar-refractivity contribution in [3.05, 3.63) is 29.3 Å². The molecule has 0 saturated carbocycles. The lowest BCUT2D eigenvalue weighted by atomic mass is 10.0. The first-order valence-electron chi connectivity index (χ1n) is 7.12. The maximum atomic E-state index is 12.7. The topological polar surface area (TPSA) is 113 Å². The first kappa shape index (κ1) is 15.0. The molecule has 1 aromatic rings. The standard InChI is InChI=1S/C15H14N2O6/c18-12-4-3-10(13(19)16-12)17-5-6-23-11-7-8(15(21)22)1-2-9(11)14(17)20/h1-2,7,10H,3-6H2,(H,21,22)(H,16,18,19). The number of carboxylic acids is 1. The third kappa shape index (κ3) is 2.75. The Labute approximate surface area is 131 Å². The molecule has 1 saturated heterocycles. The molecule has 1 atom stereocenters. The molecule has 0 bridgehead atoms. The molecular weight excluding hydrogens is 304 g/mol. The van der Waals surface area contributed by atoms with E-state index >= 15 is 0 Å². The van der Waals surface area contributed by atoms with E-state index in [2.05, 4.69) is 5.32 Å². The van der Waals surface area contributed by atoms with Gasteiger partial charge in [-0.1, -0.05) is 0 Å². The van der Waals surface area contributed by atoms with Crippen LogP contribution in [-0.2, 0) is 9.59 Å². The number of ether oxygens (including phenoxy) is 1. The molecule has 0 aromatic heterocycles. The van der Waals surface area contributed by atoms with Crippen molar-refractivity contribution < 1.29 is 29.0 Å². The zero-order valence-corrected chi connectivity index (χ0v) is 12.1. The van der Waals surface area contributed by atoms with Gasteiger partial charge in [0.05, 0.1) is 17.7 Å². The molecule has 2 aliphatic rings. The lowest BCUT2D eigenvalue weighted by Gasteiger charge is -2.31. The summed E-state index contributed by atoms with van der Waals surface area (Å²) in [5.41, 5.74) is 0.225. The van der Waals surface area contributed by atoms with Crippen LogP contribution >= 0.6 is 0 Å². The van der Waals surface area contributed by atoms with E-state index in [4.69, 9.17) is 9.84 Å². The average molecular weight is 318 g/mol. The van der Waals surface area contributed by atoms with Crippen molar-refractivity contribution in [1.82, 2.24) is 10.2 Å². The number of imide groups is 1. The minimum Gasteiger partial charge on any atom is -0.491 e. The van der Waals surface area contributed by atoms with E-state index in [9.17, 15) is 19.2 Å². The van der Waals surface area contributed by atoms with E-state index < -0.39 is 23.8 Å². The third-order valence-corrected chi connectivity index (χ3v) is 3.90. The molecule has 0 radical (unpaired) electrons. The molecule has 2 N–H and O–H groups in total. The summed E-state index contributed by atoms with van der Waals surface area (Å²) in [4.78, 5) is 48.3. The largest absolute Gasteiger partial charge is 0.491 e. The molecule has 1 fully saturated rings. The van der Waals surface area contributed by atoms with Gasteiger partial charge in [-0.15, -0.1) is 0 Å². The van der Waals surface area contributed by atoms with E-state index in [-0.39, 0.29) is 48.8 Å². The van der Waals surface area contributed by atoms with E-state index in [1.807, 2.05) is 0 Å². The summed E-state index contributed by atoms with van der Waals surface area (Å²) < 4.78 is 5.46. The lowest BCUT2D eigenvalue weighted by molar-refractivity contribution is -0.136. The highest BCUT2D eigenvalue weighted by Crippen LogP contribution is 2.27. The van der Waals surface area contributed by atoms with Gasteiger partial charge in [0.25, 0.3) is 5.91 Å². The predicted molar refractivity (Wildman–Crippen MR) is 76.1 cm³/mol. The fourth-order valence-corrected chi connectivity index (χ4v) is 2.74. The van der Waals surface area contributed by atoms with Gasteiger partial charge < -0.3 is 14.7 Å². The number of carbonyl (C=O) groups is 4. The Bertz CT molecular complexity index is 714. The van der Waals surface area contributed by atoms with Crippen molar-refractivity contribution in [2.24, 2.45) is 0 Å². The quantitative estimate of drug-likeness (QED) is 0.744. The van der Waals surface area contributed by atoms with Crippen LogP contribution in [0.25, 0.3) is 0 Å². The first-order chi connectivity index (χ1) is 11.0. The van der Waals surface area contributed by atoms with Crippen LogP contribution in [0.4, 0.5) is 0 Å². The summed E-state index contributed by atoms with van der Waals surface area (Å²) in [6.07, 6.45) is 0.435. The SMILES string of the molecule is O=C1CCC(N2CCOc3cc(C(=O)O)ccc3C2=O)C(=O)N1. The second-order valence-corrected chi connectivity index (χ2v) is 5.33. The average Bonchev–Trinajstić information content (AvgIpc) is 2.66. The zero-order chi connectivity index (χ0) is 16.6. The summed E-state index contributed by atoms with van der Waals surface area (Å²) >= 11 is 0. The number of aromatic carboxylic acids is 1. The number of carboxylic acid groups (broad SMARTS) is 1. The van der Waals surface area contributed by atoms with E-state index in [1.54, 1.807) is 0 Å². The monoisotopic (exact) mass is 318 g/mol. The maximum Gasteiger partial charge on any atom is 0.335 e. The first-order valence-corrected chi connectivity index (χ1v) is 7.12. The normalized spacial score (nSPS) is 21.1. The van der Waals surface area contributed by atoms with E-state index in [0.717, 1.165) is 0 Å². The third-order valence-electron chi connectivity index (χ3n) is 3.90. The van der Waals surface area contributed by atoms with Gasteiger partial charge in [0.1, 0.15) is 18.4 Å². The Kier molecular flexibility index (Phi) is 3.73. The van der Waals surface area contributed by atoms with Crippen LogP contribution in [0.2, 0.25) is 0 Å². The van der Waals surface area contributed by atoms with Gasteiger partial charge in [-0.05, 0) is 24.6 Å². The van der Waals surface area contributed by atoms with Crippen LogP contribution in [0.5, 0.6) is 5.75 Å². The van der Waals surface area contributed by atoms with Gasteiger partial charge in [0.2, 0.25) is 11.8 Å². The molecule has 3 amide bonds. The number of nitrogens with zero attached hydrogens (tertiary/aromatic N) is 1. The molecule has 2 aliphatic heterocycles. The molecule has 0 aliphatic carbocycles. The van der Waals surface area contributed by atoms with Crippen LogP contribution in [0.1, 0.15) is 33.6 Å². The van der Waals surface area contributed by atoms with Gasteiger partial charge in [-0.25, -0.2) is 4.79 Å². The molecule has 1 unspecified atom stereocenters. The molecule has 2 heterocycles. The van der Waals surface area contributed by atoms with Crippen molar-refractivity contribution in [2.75, 3.05) is 13.2 Å². The predicted octanol–water partition coefficient (Wildman–Crippen LogP) is 0.0246. The molecule has 23 heavy (non-hydrogen) atoms. The van der Waals surface area contributed by atoms with Crippen molar-refractivity contribution in [3.63, 3.8) is 0 Å². The number of nitrogens with one attached hydrogen (secondary N) is 1. The van der Waals surface area contributed by atoms with Gasteiger partial charge in [-0.2, -0.15) is 0 Å². The minimum absolute atomic E-state index is 0.0195. The number of rotatable bonds is 2. The summed E-state index contributed by atoms with van der Waals surface area (Å²) in [5, 5.41) is 11.2. The smallest absolute Gasteiger partial charge is 0.335 e. The maximum absolute atomic E-state index is 12.7. The van der Waals surface area contributed by atoms with Crippen molar-refractivity contribution in [1.29, 1.82) is 0 Å². The number of amides is 3. The summed E-state index contributed by atoms with van der Waals surface area (Å²) in [5.74, 6) is -2.19. The van der Waals surface area contributed by atoms with Crippen molar-refractivity contribution >= 4 is 23.7 Å². The van der Waals surface area contributed by atoms with Gasteiger partial charge in [0.15, 0.2) is 0 Å². The lowest BCUT2D eigenvalue weighted by Crippen LogP contribution is -2.54. The fourth-order valence-electron chi connectivity index (χ4n) is 2.74. The second-order valence-electron chi connectivity index (χ2n) is 5.33. The molecule has 8 heteroatoms.